The number of carbonyl (C=O) groups is 3. The molecule has 2 aliphatic rings. The molecule has 0 aliphatic heterocycles. The van der Waals surface area contributed by atoms with Crippen LogP contribution in [0, 0.1) is 22.7 Å². The summed E-state index contributed by atoms with van der Waals surface area (Å²) in [5, 5.41) is 0. The number of rotatable bonds is 6. The zero-order valence-electron chi connectivity index (χ0n) is 17.1. The van der Waals surface area contributed by atoms with E-state index in [-0.39, 0.29) is 35.2 Å². The van der Waals surface area contributed by atoms with Crippen molar-refractivity contribution < 1.29 is 51.5 Å². The van der Waals surface area contributed by atoms with Crippen LogP contribution in [0.2, 0.25) is 3.93 Å². The topological polar surface area (TPSA) is 78.9 Å². The molecule has 4 atom stereocenters. The summed E-state index contributed by atoms with van der Waals surface area (Å²) >= 11 is -1.82. The summed E-state index contributed by atoms with van der Waals surface area (Å²) in [4.78, 5) is 35.9. The molecule has 6 nitrogen and oxygen atoms in total. The van der Waals surface area contributed by atoms with Gasteiger partial charge in [-0.3, -0.25) is 0 Å². The second kappa shape index (κ2) is 9.06. The standard InChI is InChI=1S/C18H27O4.C2H4O2.Hg/c1-12-7-8-14-17(2,13(12)11-15(19)21-4)9-6-10-18(14,3)16(20)22-5;1-2(3)4;/h7,13-14H,1,6,8-11H2,2-5H3;1H3,(H,3,4);/q;;+1/p-1/t13?,14-,17-,18+;;/m1../s1. The van der Waals surface area contributed by atoms with Gasteiger partial charge in [-0.2, -0.15) is 0 Å². The van der Waals surface area contributed by atoms with Crippen molar-refractivity contribution in [1.82, 2.24) is 0 Å². The van der Waals surface area contributed by atoms with Gasteiger partial charge in [0.05, 0.1) is 0 Å². The van der Waals surface area contributed by atoms with Crippen LogP contribution in [0.5, 0.6) is 0 Å². The molecule has 0 bridgehead atoms. The molecule has 2 aliphatic carbocycles. The summed E-state index contributed by atoms with van der Waals surface area (Å²) in [7, 11) is 2.86. The molecule has 1 fully saturated rings. The second-order valence-corrected chi connectivity index (χ2v) is 12.9. The quantitative estimate of drug-likeness (QED) is 0.278. The Kier molecular flexibility index (Phi) is 7.50. The van der Waals surface area contributed by atoms with Gasteiger partial charge in [0.15, 0.2) is 0 Å². The van der Waals surface area contributed by atoms with Crippen molar-refractivity contribution in [3.63, 3.8) is 0 Å². The molecule has 0 aromatic carbocycles. The minimum absolute atomic E-state index is 0.0172. The van der Waals surface area contributed by atoms with Crippen molar-refractivity contribution in [3.8, 4) is 0 Å². The van der Waals surface area contributed by atoms with E-state index in [0.29, 0.717) is 6.42 Å². The van der Waals surface area contributed by atoms with E-state index in [2.05, 4.69) is 13.0 Å². The Labute approximate surface area is 174 Å². The molecule has 7 heteroatoms. The fourth-order valence-electron chi connectivity index (χ4n) is 5.37. The molecule has 27 heavy (non-hydrogen) atoms. The van der Waals surface area contributed by atoms with Crippen LogP contribution in [0.15, 0.2) is 11.6 Å². The molecular weight excluding hydrogens is 537 g/mol. The number of allylic oxidation sites excluding steroid dienone is 2. The molecule has 1 unspecified atom stereocenters. The first kappa shape index (κ1) is 22.4. The zero-order chi connectivity index (χ0) is 20.2. The maximum atomic E-state index is 12.6. The Bertz CT molecular complexity index is 630. The molecule has 0 N–H and O–H groups in total. The minimum atomic E-state index is -1.82. The van der Waals surface area contributed by atoms with Crippen molar-refractivity contribution in [1.29, 1.82) is 0 Å². The normalized spacial score (nSPS) is 32.4. The Morgan fingerprint density at radius 3 is 2.48 bits per heavy atom. The molecule has 1 saturated carbocycles. The Morgan fingerprint density at radius 2 is 1.89 bits per heavy atom. The summed E-state index contributed by atoms with van der Waals surface area (Å²) in [5.74, 6) is -0.467. The first-order valence-corrected chi connectivity index (χ1v) is 15.8. The predicted molar refractivity (Wildman–Crippen MR) is 95.0 cm³/mol. The van der Waals surface area contributed by atoms with Gasteiger partial charge in [0, 0.05) is 0 Å². The molecule has 0 heterocycles. The van der Waals surface area contributed by atoms with E-state index in [1.807, 2.05) is 6.92 Å². The van der Waals surface area contributed by atoms with E-state index >= 15 is 0 Å². The van der Waals surface area contributed by atoms with Crippen molar-refractivity contribution in [2.75, 3.05) is 14.2 Å². The molecule has 0 aromatic rings. The summed E-state index contributed by atoms with van der Waals surface area (Å²) in [6, 6.07) is 0. The van der Waals surface area contributed by atoms with Crippen LogP contribution in [0.25, 0.3) is 0 Å². The number of ether oxygens (including phenoxy) is 2. The summed E-state index contributed by atoms with van der Waals surface area (Å²) < 4.78 is 16.3. The SMILES string of the molecule is COC(=O)CC1C([CH2][Hg][O]C(C)=O)=CC[C@H]2[C@@](C)(C(=O)OC)CCC[C@]12C. The van der Waals surface area contributed by atoms with Gasteiger partial charge in [-0.25, -0.2) is 0 Å². The van der Waals surface area contributed by atoms with Crippen molar-refractivity contribution >= 4 is 17.9 Å². The summed E-state index contributed by atoms with van der Waals surface area (Å²) in [5.41, 5.74) is 0.498. The molecule has 0 saturated heterocycles. The number of carbonyl (C=O) groups excluding carboxylic acids is 3. The van der Waals surface area contributed by atoms with Crippen molar-refractivity contribution in [3.05, 3.63) is 11.6 Å². The average Bonchev–Trinajstić information content (AvgIpc) is 2.62. The number of hydrogen-bond acceptors (Lipinski definition) is 6. The van der Waals surface area contributed by atoms with Crippen LogP contribution in [0.4, 0.5) is 0 Å². The van der Waals surface area contributed by atoms with Crippen LogP contribution in [0.1, 0.15) is 52.9 Å². The summed E-state index contributed by atoms with van der Waals surface area (Å²) in [6.45, 7) is 5.66. The third-order valence-electron chi connectivity index (χ3n) is 6.78. The van der Waals surface area contributed by atoms with Gasteiger partial charge in [-0.15, -0.1) is 0 Å². The average molecular weight is 567 g/mol. The Balaban J connectivity index is 2.37. The fourth-order valence-corrected chi connectivity index (χ4v) is 9.95. The molecule has 0 aromatic heterocycles. The monoisotopic (exact) mass is 568 g/mol. The van der Waals surface area contributed by atoms with Gasteiger partial charge in [0.1, 0.15) is 0 Å². The van der Waals surface area contributed by atoms with Crippen molar-refractivity contribution in [2.24, 2.45) is 22.7 Å². The molecule has 2 rings (SSSR count). The summed E-state index contributed by atoms with van der Waals surface area (Å²) in [6.07, 6.45) is 5.99. The number of fused-ring (bicyclic) bond motifs is 1. The van der Waals surface area contributed by atoms with Crippen LogP contribution in [-0.2, 0) is 51.5 Å². The Hall–Kier alpha value is -0.915. The predicted octanol–water partition coefficient (Wildman–Crippen LogP) is 3.46. The van der Waals surface area contributed by atoms with Gasteiger partial charge in [0.25, 0.3) is 0 Å². The van der Waals surface area contributed by atoms with E-state index in [4.69, 9.17) is 12.1 Å². The van der Waals surface area contributed by atoms with Gasteiger partial charge in [-0.1, -0.05) is 0 Å². The third-order valence-corrected chi connectivity index (χ3v) is 12.2. The van der Waals surface area contributed by atoms with Gasteiger partial charge >= 0.3 is 175 Å². The van der Waals surface area contributed by atoms with Gasteiger partial charge in [0.2, 0.25) is 0 Å². The molecule has 0 amide bonds. The second-order valence-electron chi connectivity index (χ2n) is 8.26. The van der Waals surface area contributed by atoms with E-state index in [9.17, 15) is 14.4 Å². The van der Waals surface area contributed by atoms with Crippen LogP contribution in [0.3, 0.4) is 0 Å². The first-order valence-electron chi connectivity index (χ1n) is 9.66. The molecule has 148 valence electrons. The van der Waals surface area contributed by atoms with Crippen LogP contribution >= 0.6 is 0 Å². The van der Waals surface area contributed by atoms with Gasteiger partial charge < -0.3 is 0 Å². The van der Waals surface area contributed by atoms with E-state index in [1.165, 1.54) is 26.7 Å². The third kappa shape index (κ3) is 4.57. The first-order chi connectivity index (χ1) is 12.7. The Morgan fingerprint density at radius 1 is 1.19 bits per heavy atom. The molecular formula is C20H30HgO6. The van der Waals surface area contributed by atoms with Gasteiger partial charge in [-0.05, 0) is 0 Å². The van der Waals surface area contributed by atoms with Crippen molar-refractivity contribution in [2.45, 2.75) is 56.8 Å². The number of methoxy groups -OCH3 is 2. The maximum absolute atomic E-state index is 12.6. The molecule has 0 radical (unpaired) electrons. The fraction of sp³-hybridized carbons (Fsp3) is 0.750. The van der Waals surface area contributed by atoms with E-state index in [0.717, 1.165) is 29.6 Å². The van der Waals surface area contributed by atoms with Crippen LogP contribution < -0.4 is 0 Å². The molecule has 0 spiro atoms. The van der Waals surface area contributed by atoms with Crippen LogP contribution in [-0.4, -0.2) is 32.1 Å². The van der Waals surface area contributed by atoms with E-state index < -0.39 is 30.4 Å². The van der Waals surface area contributed by atoms with E-state index in [1.54, 1.807) is 0 Å². The number of hydrogen-bond donors (Lipinski definition) is 0. The number of esters is 2. The zero-order valence-corrected chi connectivity index (χ0v) is 22.6.